The molecule has 6 atom stereocenters. The molecule has 19 heavy (non-hydrogen) atoms. The summed E-state index contributed by atoms with van der Waals surface area (Å²) in [6.07, 6.45) is 2.70. The van der Waals surface area contributed by atoms with E-state index < -0.39 is 0 Å². The second kappa shape index (κ2) is 4.40. The lowest BCUT2D eigenvalue weighted by Crippen LogP contribution is -2.37. The van der Waals surface area contributed by atoms with E-state index in [0.29, 0.717) is 5.92 Å². The fourth-order valence-electron chi connectivity index (χ4n) is 5.35. The van der Waals surface area contributed by atoms with Crippen LogP contribution in [0.4, 0.5) is 0 Å². The molecule has 1 heterocycles. The predicted octanol–water partition coefficient (Wildman–Crippen LogP) is 5.15. The second-order valence-electron chi connectivity index (χ2n) is 7.37. The van der Waals surface area contributed by atoms with Gasteiger partial charge < -0.3 is 4.74 Å². The minimum Gasteiger partial charge on any atom is -0.467 e. The van der Waals surface area contributed by atoms with Crippen LogP contribution in [0.25, 0.3) is 0 Å². The van der Waals surface area contributed by atoms with E-state index in [4.69, 9.17) is 4.74 Å². The van der Waals surface area contributed by atoms with Gasteiger partial charge in [-0.1, -0.05) is 20.8 Å². The van der Waals surface area contributed by atoms with Gasteiger partial charge in [0.25, 0.3) is 0 Å². The van der Waals surface area contributed by atoms with Crippen LogP contribution >= 0.6 is 0 Å². The molecule has 2 saturated carbocycles. The lowest BCUT2D eigenvalue weighted by atomic mass is 9.61. The van der Waals surface area contributed by atoms with Gasteiger partial charge in [-0.3, -0.25) is 0 Å². The van der Waals surface area contributed by atoms with E-state index in [1.807, 2.05) is 0 Å². The van der Waals surface area contributed by atoms with Crippen LogP contribution in [-0.2, 0) is 4.74 Å². The number of allylic oxidation sites excluding steroid dienone is 4. The van der Waals surface area contributed by atoms with E-state index in [1.165, 1.54) is 24.2 Å². The normalized spacial score (nSPS) is 46.0. The first-order valence-corrected chi connectivity index (χ1v) is 7.96. The third-order valence-electron chi connectivity index (χ3n) is 6.49. The third kappa shape index (κ3) is 1.80. The van der Waals surface area contributed by atoms with Gasteiger partial charge in [0.15, 0.2) is 0 Å². The molecule has 0 N–H and O–H groups in total. The maximum absolute atomic E-state index is 5.98. The minimum atomic E-state index is 0.655. The maximum Gasteiger partial charge on any atom is 0.100 e. The third-order valence-corrected chi connectivity index (χ3v) is 6.49. The molecule has 3 aliphatic rings. The second-order valence-corrected chi connectivity index (χ2v) is 7.37. The molecule has 0 aromatic heterocycles. The highest BCUT2D eigenvalue weighted by molar-refractivity contribution is 5.32. The van der Waals surface area contributed by atoms with E-state index in [-0.39, 0.29) is 0 Å². The van der Waals surface area contributed by atoms with E-state index in [0.717, 1.165) is 35.3 Å². The number of fused-ring (bicyclic) bond motifs is 2. The Bertz CT molecular complexity index is 456. The zero-order valence-electron chi connectivity index (χ0n) is 13.3. The van der Waals surface area contributed by atoms with E-state index in [2.05, 4.69) is 41.5 Å². The number of rotatable bonds is 0. The number of hydrogen-bond acceptors (Lipinski definition) is 1. The van der Waals surface area contributed by atoms with Crippen LogP contribution in [0.2, 0.25) is 0 Å². The van der Waals surface area contributed by atoms with Crippen molar-refractivity contribution >= 4 is 0 Å². The zero-order valence-corrected chi connectivity index (χ0v) is 13.3. The Morgan fingerprint density at radius 1 is 0.947 bits per heavy atom. The summed E-state index contributed by atoms with van der Waals surface area (Å²) in [7, 11) is 0. The summed E-state index contributed by atoms with van der Waals surface area (Å²) < 4.78 is 5.98. The smallest absolute Gasteiger partial charge is 0.100 e. The SMILES string of the molecule is CC1=C(C)C2C(=C(C)O1)CC1CC(C)C(C)C1C2C. The molecule has 2 fully saturated rings. The minimum absolute atomic E-state index is 0.655. The van der Waals surface area contributed by atoms with Crippen LogP contribution in [0, 0.1) is 35.5 Å². The molecular formula is C18H28O. The highest BCUT2D eigenvalue weighted by Crippen LogP contribution is 2.57. The summed E-state index contributed by atoms with van der Waals surface area (Å²) >= 11 is 0. The molecule has 0 saturated heterocycles. The Morgan fingerprint density at radius 3 is 2.32 bits per heavy atom. The lowest BCUT2D eigenvalue weighted by molar-refractivity contribution is 0.131. The molecule has 6 unspecified atom stereocenters. The van der Waals surface area contributed by atoms with Crippen molar-refractivity contribution in [3.05, 3.63) is 22.7 Å². The van der Waals surface area contributed by atoms with Crippen LogP contribution in [0.5, 0.6) is 0 Å². The van der Waals surface area contributed by atoms with Gasteiger partial charge in [-0.15, -0.1) is 0 Å². The quantitative estimate of drug-likeness (QED) is 0.585. The first-order chi connectivity index (χ1) is 8.91. The Labute approximate surface area is 118 Å². The molecule has 1 nitrogen and oxygen atoms in total. The number of hydrogen-bond donors (Lipinski definition) is 0. The first kappa shape index (κ1) is 13.3. The van der Waals surface area contributed by atoms with Crippen LogP contribution in [0.1, 0.15) is 54.4 Å². The van der Waals surface area contributed by atoms with E-state index in [9.17, 15) is 0 Å². The lowest BCUT2D eigenvalue weighted by Gasteiger charge is -2.45. The molecular weight excluding hydrogens is 232 g/mol. The van der Waals surface area contributed by atoms with Crippen molar-refractivity contribution in [2.45, 2.75) is 54.4 Å². The molecule has 1 aliphatic heterocycles. The summed E-state index contributed by atoms with van der Waals surface area (Å²) in [6, 6.07) is 0. The fraction of sp³-hybridized carbons (Fsp3) is 0.778. The maximum atomic E-state index is 5.98. The summed E-state index contributed by atoms with van der Waals surface area (Å²) in [5.41, 5.74) is 3.09. The van der Waals surface area contributed by atoms with Crippen molar-refractivity contribution in [3.8, 4) is 0 Å². The Hall–Kier alpha value is -0.720. The number of ether oxygens (including phenoxy) is 1. The van der Waals surface area contributed by atoms with Crippen LogP contribution < -0.4 is 0 Å². The topological polar surface area (TPSA) is 9.23 Å². The molecule has 0 amide bonds. The Balaban J connectivity index is 2.01. The van der Waals surface area contributed by atoms with Gasteiger partial charge >= 0.3 is 0 Å². The van der Waals surface area contributed by atoms with Crippen LogP contribution in [0.15, 0.2) is 22.7 Å². The van der Waals surface area contributed by atoms with E-state index >= 15 is 0 Å². The zero-order chi connectivity index (χ0) is 13.9. The average Bonchev–Trinajstić information content (AvgIpc) is 2.62. The summed E-state index contributed by atoms with van der Waals surface area (Å²) in [6.45, 7) is 14.0. The van der Waals surface area contributed by atoms with Gasteiger partial charge in [-0.25, -0.2) is 0 Å². The van der Waals surface area contributed by atoms with E-state index in [1.54, 1.807) is 5.57 Å². The Morgan fingerprint density at radius 2 is 1.63 bits per heavy atom. The molecule has 0 aromatic carbocycles. The van der Waals surface area contributed by atoms with Gasteiger partial charge in [-0.05, 0) is 74.3 Å². The van der Waals surface area contributed by atoms with Crippen molar-refractivity contribution in [2.75, 3.05) is 0 Å². The predicted molar refractivity (Wildman–Crippen MR) is 79.4 cm³/mol. The molecule has 106 valence electrons. The average molecular weight is 260 g/mol. The molecule has 0 aromatic rings. The van der Waals surface area contributed by atoms with Crippen molar-refractivity contribution in [2.24, 2.45) is 35.5 Å². The van der Waals surface area contributed by atoms with Crippen molar-refractivity contribution in [1.29, 1.82) is 0 Å². The van der Waals surface area contributed by atoms with Gasteiger partial charge in [0.1, 0.15) is 5.76 Å². The standard InChI is InChI=1S/C18H28O/c1-9-7-15-8-16-14(6)19-13(5)11(3)18(16)12(4)17(15)10(9)2/h9-10,12,15,17-18H,7-8H2,1-6H3. The van der Waals surface area contributed by atoms with Gasteiger partial charge in [0.2, 0.25) is 0 Å². The summed E-state index contributed by atoms with van der Waals surface area (Å²) in [5, 5.41) is 0. The van der Waals surface area contributed by atoms with Crippen LogP contribution in [-0.4, -0.2) is 0 Å². The first-order valence-electron chi connectivity index (χ1n) is 7.96. The van der Waals surface area contributed by atoms with Gasteiger partial charge in [-0.2, -0.15) is 0 Å². The van der Waals surface area contributed by atoms with Crippen molar-refractivity contribution < 1.29 is 4.74 Å². The molecule has 0 radical (unpaired) electrons. The highest BCUT2D eigenvalue weighted by atomic mass is 16.5. The fourth-order valence-corrected chi connectivity index (χ4v) is 5.35. The largest absolute Gasteiger partial charge is 0.467 e. The summed E-state index contributed by atoms with van der Waals surface area (Å²) in [5.74, 6) is 7.38. The molecule has 2 aliphatic carbocycles. The summed E-state index contributed by atoms with van der Waals surface area (Å²) in [4.78, 5) is 0. The molecule has 3 rings (SSSR count). The van der Waals surface area contributed by atoms with Gasteiger partial charge in [0.05, 0.1) is 5.76 Å². The van der Waals surface area contributed by atoms with Crippen LogP contribution in [0.3, 0.4) is 0 Å². The van der Waals surface area contributed by atoms with Crippen molar-refractivity contribution in [1.82, 2.24) is 0 Å². The molecule has 0 bridgehead atoms. The Kier molecular flexibility index (Phi) is 3.07. The molecule has 1 heteroatoms. The monoisotopic (exact) mass is 260 g/mol. The van der Waals surface area contributed by atoms with Crippen molar-refractivity contribution in [3.63, 3.8) is 0 Å². The molecule has 0 spiro atoms. The highest BCUT2D eigenvalue weighted by Gasteiger charge is 2.49. The van der Waals surface area contributed by atoms with Gasteiger partial charge in [0, 0.05) is 5.92 Å².